The smallest absolute Gasteiger partial charge is 0.118 e. The predicted octanol–water partition coefficient (Wildman–Crippen LogP) is 2.37. The van der Waals surface area contributed by atoms with Crippen molar-refractivity contribution in [3.8, 4) is 28.8 Å². The summed E-state index contributed by atoms with van der Waals surface area (Å²) in [6.45, 7) is 0. The Hall–Kier alpha value is -1.51. The molecule has 70 valence electrons. The molecule has 0 saturated heterocycles. The molecule has 0 spiro atoms. The van der Waals surface area contributed by atoms with Gasteiger partial charge in [-0.05, 0) is 47.6 Å². The second kappa shape index (κ2) is 6.02. The molecule has 0 saturated carbocycles. The summed E-state index contributed by atoms with van der Waals surface area (Å²) in [6, 6.07) is 7.58. The third-order valence-electron chi connectivity index (χ3n) is 1.51. The van der Waals surface area contributed by atoms with Crippen molar-refractivity contribution in [2.75, 3.05) is 13.4 Å². The van der Waals surface area contributed by atoms with Crippen LogP contribution >= 0.6 is 11.8 Å². The molecule has 0 aliphatic rings. The monoisotopic (exact) mass is 202 g/mol. The Balaban J connectivity index is 2.71. The topological polar surface area (TPSA) is 9.23 Å². The van der Waals surface area contributed by atoms with Gasteiger partial charge in [-0.15, -0.1) is 0 Å². The van der Waals surface area contributed by atoms with Gasteiger partial charge < -0.3 is 4.74 Å². The number of rotatable bonds is 1. The highest BCUT2D eigenvalue weighted by molar-refractivity contribution is 8.03. The molecule has 1 aromatic carbocycles. The van der Waals surface area contributed by atoms with E-state index >= 15 is 0 Å². The molecule has 1 rings (SSSR count). The molecule has 0 bridgehead atoms. The van der Waals surface area contributed by atoms with E-state index in [1.165, 1.54) is 11.8 Å². The zero-order valence-electron chi connectivity index (χ0n) is 8.13. The van der Waals surface area contributed by atoms with Gasteiger partial charge in [0.05, 0.1) is 7.11 Å². The summed E-state index contributed by atoms with van der Waals surface area (Å²) in [4.78, 5) is 0. The van der Waals surface area contributed by atoms with E-state index in [2.05, 4.69) is 23.0 Å². The van der Waals surface area contributed by atoms with Crippen molar-refractivity contribution in [3.63, 3.8) is 0 Å². The van der Waals surface area contributed by atoms with Crippen LogP contribution in [0.1, 0.15) is 5.56 Å². The van der Waals surface area contributed by atoms with Crippen molar-refractivity contribution in [1.82, 2.24) is 0 Å². The van der Waals surface area contributed by atoms with Gasteiger partial charge in [0, 0.05) is 5.56 Å². The van der Waals surface area contributed by atoms with Gasteiger partial charge in [-0.1, -0.05) is 17.7 Å². The van der Waals surface area contributed by atoms with E-state index in [0.29, 0.717) is 0 Å². The van der Waals surface area contributed by atoms with Crippen molar-refractivity contribution in [1.29, 1.82) is 0 Å². The molecule has 0 heterocycles. The lowest BCUT2D eigenvalue weighted by molar-refractivity contribution is 0.415. The summed E-state index contributed by atoms with van der Waals surface area (Å²) in [6.07, 6.45) is 1.92. The van der Waals surface area contributed by atoms with Crippen LogP contribution in [0.5, 0.6) is 5.75 Å². The van der Waals surface area contributed by atoms with Crippen LogP contribution in [-0.2, 0) is 0 Å². The Bertz CT molecular complexity index is 398. The van der Waals surface area contributed by atoms with Crippen molar-refractivity contribution >= 4 is 11.8 Å². The maximum atomic E-state index is 5.03. The summed E-state index contributed by atoms with van der Waals surface area (Å²) in [5, 5.41) is 2.81. The molecule has 2 heteroatoms. The molecule has 0 N–H and O–H groups in total. The highest BCUT2D eigenvalue weighted by Gasteiger charge is 1.88. The zero-order valence-corrected chi connectivity index (χ0v) is 8.94. The Morgan fingerprint density at radius 1 is 1.14 bits per heavy atom. The second-order valence-electron chi connectivity index (χ2n) is 2.41. The number of benzene rings is 1. The highest BCUT2D eigenvalue weighted by atomic mass is 32.2. The molecule has 0 atom stereocenters. The minimum absolute atomic E-state index is 0.839. The van der Waals surface area contributed by atoms with E-state index in [0.717, 1.165) is 11.3 Å². The molecule has 1 aromatic rings. The third-order valence-corrected chi connectivity index (χ3v) is 1.82. The fraction of sp³-hybridized carbons (Fsp3) is 0.167. The van der Waals surface area contributed by atoms with Crippen LogP contribution in [0.4, 0.5) is 0 Å². The first-order valence-corrected chi connectivity index (χ1v) is 5.27. The summed E-state index contributed by atoms with van der Waals surface area (Å²) >= 11 is 1.46. The maximum absolute atomic E-state index is 5.03. The minimum atomic E-state index is 0.839. The van der Waals surface area contributed by atoms with Gasteiger partial charge in [0.1, 0.15) is 5.75 Å². The van der Waals surface area contributed by atoms with Crippen LogP contribution in [0.15, 0.2) is 24.3 Å². The molecule has 0 fully saturated rings. The Kier molecular flexibility index (Phi) is 4.55. The average molecular weight is 202 g/mol. The molecule has 1 nitrogen and oxygen atoms in total. The number of hydrogen-bond acceptors (Lipinski definition) is 2. The minimum Gasteiger partial charge on any atom is -0.497 e. The van der Waals surface area contributed by atoms with Gasteiger partial charge in [-0.25, -0.2) is 0 Å². The van der Waals surface area contributed by atoms with Gasteiger partial charge in [0.25, 0.3) is 0 Å². The Labute approximate surface area is 88.9 Å². The van der Waals surface area contributed by atoms with E-state index in [1.807, 2.05) is 30.5 Å². The molecular weight excluding hydrogens is 192 g/mol. The Morgan fingerprint density at radius 3 is 2.43 bits per heavy atom. The number of methoxy groups -OCH3 is 1. The SMILES string of the molecule is COc1ccc(C#CC#CSC)cc1. The van der Waals surface area contributed by atoms with Crippen molar-refractivity contribution < 1.29 is 4.74 Å². The van der Waals surface area contributed by atoms with Crippen LogP contribution in [0.3, 0.4) is 0 Å². The van der Waals surface area contributed by atoms with Gasteiger partial charge in [-0.2, -0.15) is 0 Å². The van der Waals surface area contributed by atoms with E-state index in [4.69, 9.17) is 4.74 Å². The fourth-order valence-corrected chi connectivity index (χ4v) is 1.01. The summed E-state index contributed by atoms with van der Waals surface area (Å²) < 4.78 is 5.03. The number of thioether (sulfide) groups is 1. The van der Waals surface area contributed by atoms with Crippen LogP contribution in [0.2, 0.25) is 0 Å². The van der Waals surface area contributed by atoms with Crippen LogP contribution in [0.25, 0.3) is 0 Å². The molecular formula is C12H10OS. The maximum Gasteiger partial charge on any atom is 0.118 e. The third kappa shape index (κ3) is 3.47. The largest absolute Gasteiger partial charge is 0.497 e. The normalized spacial score (nSPS) is 7.86. The summed E-state index contributed by atoms with van der Waals surface area (Å²) in [5.41, 5.74) is 0.946. The van der Waals surface area contributed by atoms with Crippen LogP contribution < -0.4 is 4.74 Å². The van der Waals surface area contributed by atoms with Crippen molar-refractivity contribution in [2.24, 2.45) is 0 Å². The van der Waals surface area contributed by atoms with Crippen molar-refractivity contribution in [3.05, 3.63) is 29.8 Å². The van der Waals surface area contributed by atoms with Crippen LogP contribution in [0, 0.1) is 23.0 Å². The predicted molar refractivity (Wildman–Crippen MR) is 61.2 cm³/mol. The zero-order chi connectivity index (χ0) is 10.2. The molecule has 0 radical (unpaired) electrons. The first kappa shape index (κ1) is 10.6. The summed E-state index contributed by atoms with van der Waals surface area (Å²) in [7, 11) is 1.64. The lowest BCUT2D eigenvalue weighted by Crippen LogP contribution is -1.81. The number of hydrogen-bond donors (Lipinski definition) is 0. The van der Waals surface area contributed by atoms with E-state index in [-0.39, 0.29) is 0 Å². The first-order valence-electron chi connectivity index (χ1n) is 4.05. The molecule has 14 heavy (non-hydrogen) atoms. The average Bonchev–Trinajstić information content (AvgIpc) is 2.25. The second-order valence-corrected chi connectivity index (χ2v) is 3.02. The van der Waals surface area contributed by atoms with Gasteiger partial charge in [0.15, 0.2) is 0 Å². The molecule has 0 aliphatic carbocycles. The molecule has 0 amide bonds. The van der Waals surface area contributed by atoms with Crippen LogP contribution in [-0.4, -0.2) is 13.4 Å². The Morgan fingerprint density at radius 2 is 1.86 bits per heavy atom. The lowest BCUT2D eigenvalue weighted by Gasteiger charge is -1.96. The molecule has 0 unspecified atom stereocenters. The lowest BCUT2D eigenvalue weighted by atomic mass is 10.2. The van der Waals surface area contributed by atoms with E-state index in [9.17, 15) is 0 Å². The molecule has 0 aromatic heterocycles. The fourth-order valence-electron chi connectivity index (χ4n) is 0.854. The molecule has 0 aliphatic heterocycles. The van der Waals surface area contributed by atoms with E-state index < -0.39 is 0 Å². The van der Waals surface area contributed by atoms with Gasteiger partial charge >= 0.3 is 0 Å². The standard InChI is InChI=1S/C12H10OS/c1-13-12-8-6-11(7-9-12)5-3-4-10-14-2/h6-9H,1-2H3. The van der Waals surface area contributed by atoms with Crippen molar-refractivity contribution in [2.45, 2.75) is 0 Å². The quantitative estimate of drug-likeness (QED) is 0.647. The van der Waals surface area contributed by atoms with E-state index in [1.54, 1.807) is 7.11 Å². The summed E-state index contributed by atoms with van der Waals surface area (Å²) in [5.74, 6) is 9.28. The highest BCUT2D eigenvalue weighted by Crippen LogP contribution is 2.09. The number of ether oxygens (including phenoxy) is 1. The van der Waals surface area contributed by atoms with Gasteiger partial charge in [-0.3, -0.25) is 0 Å². The van der Waals surface area contributed by atoms with Gasteiger partial charge in [0.2, 0.25) is 0 Å². The first-order chi connectivity index (χ1) is 6.86.